The molecule has 0 saturated carbocycles. The Morgan fingerprint density at radius 3 is 2.87 bits per heavy atom. The number of H-pyrrole nitrogens is 1. The van der Waals surface area contributed by atoms with Gasteiger partial charge in [-0.25, -0.2) is 0 Å². The molecule has 4 nitrogen and oxygen atoms in total. The number of hydrogen-bond donors (Lipinski definition) is 1. The molecular formula is C11H8N4. The maximum absolute atomic E-state index is 4.33. The van der Waals surface area contributed by atoms with Gasteiger partial charge in [0.2, 0.25) is 0 Å². The Morgan fingerprint density at radius 2 is 2.00 bits per heavy atom. The molecule has 2 heterocycles. The quantitative estimate of drug-likeness (QED) is 0.647. The molecule has 0 radical (unpaired) electrons. The first-order valence-electron chi connectivity index (χ1n) is 4.65. The lowest BCUT2D eigenvalue weighted by atomic mass is 10.1. The molecule has 0 spiro atoms. The standard InChI is InChI=1S/C11H8N4/c1-2-4-9-8(3-1)5-6-12-11(9)10-7-13-15-14-10/h1-7H,(H,13,14,15). The fourth-order valence-corrected chi connectivity index (χ4v) is 1.64. The van der Waals surface area contributed by atoms with Gasteiger partial charge in [0.15, 0.2) is 0 Å². The van der Waals surface area contributed by atoms with Crippen molar-refractivity contribution in [3.63, 3.8) is 0 Å². The van der Waals surface area contributed by atoms with Gasteiger partial charge in [-0.2, -0.15) is 15.4 Å². The third-order valence-corrected chi connectivity index (χ3v) is 2.33. The van der Waals surface area contributed by atoms with Gasteiger partial charge < -0.3 is 0 Å². The van der Waals surface area contributed by atoms with Gasteiger partial charge in [-0.15, -0.1) is 0 Å². The minimum absolute atomic E-state index is 0.770. The zero-order valence-corrected chi connectivity index (χ0v) is 7.88. The molecule has 0 aliphatic rings. The highest BCUT2D eigenvalue weighted by molar-refractivity contribution is 5.93. The zero-order valence-electron chi connectivity index (χ0n) is 7.88. The van der Waals surface area contributed by atoms with Gasteiger partial charge in [0, 0.05) is 11.6 Å². The van der Waals surface area contributed by atoms with Gasteiger partial charge in [-0.05, 0) is 11.5 Å². The van der Waals surface area contributed by atoms with E-state index in [1.54, 1.807) is 12.4 Å². The van der Waals surface area contributed by atoms with E-state index in [0.717, 1.165) is 22.2 Å². The summed E-state index contributed by atoms with van der Waals surface area (Å²) in [4.78, 5) is 4.33. The van der Waals surface area contributed by atoms with E-state index >= 15 is 0 Å². The number of aromatic nitrogens is 4. The van der Waals surface area contributed by atoms with Gasteiger partial charge in [0.25, 0.3) is 0 Å². The van der Waals surface area contributed by atoms with Gasteiger partial charge in [0.1, 0.15) is 5.69 Å². The van der Waals surface area contributed by atoms with Crippen molar-refractivity contribution in [3.05, 3.63) is 42.7 Å². The molecule has 0 bridgehead atoms. The number of fused-ring (bicyclic) bond motifs is 1. The van der Waals surface area contributed by atoms with Gasteiger partial charge in [0.05, 0.1) is 11.9 Å². The number of rotatable bonds is 1. The topological polar surface area (TPSA) is 54.5 Å². The predicted molar refractivity (Wildman–Crippen MR) is 57.1 cm³/mol. The number of nitrogens with zero attached hydrogens (tertiary/aromatic N) is 3. The summed E-state index contributed by atoms with van der Waals surface area (Å²) in [6, 6.07) is 10.1. The van der Waals surface area contributed by atoms with Gasteiger partial charge >= 0.3 is 0 Å². The Kier molecular flexibility index (Phi) is 1.71. The first-order valence-corrected chi connectivity index (χ1v) is 4.65. The summed E-state index contributed by atoms with van der Waals surface area (Å²) in [5.74, 6) is 0. The smallest absolute Gasteiger partial charge is 0.131 e. The second kappa shape index (κ2) is 3.16. The average Bonchev–Trinajstić information content (AvgIpc) is 2.82. The lowest BCUT2D eigenvalue weighted by Gasteiger charge is -2.01. The van der Waals surface area contributed by atoms with Crippen LogP contribution in [0.5, 0.6) is 0 Å². The summed E-state index contributed by atoms with van der Waals surface area (Å²) in [6.45, 7) is 0. The van der Waals surface area contributed by atoms with Crippen LogP contribution in [0.3, 0.4) is 0 Å². The van der Waals surface area contributed by atoms with Crippen molar-refractivity contribution in [3.8, 4) is 11.4 Å². The zero-order chi connectivity index (χ0) is 10.1. The maximum atomic E-state index is 4.33. The molecule has 0 saturated heterocycles. The lowest BCUT2D eigenvalue weighted by molar-refractivity contribution is 0.941. The number of nitrogens with one attached hydrogen (secondary N) is 1. The van der Waals surface area contributed by atoms with Crippen LogP contribution in [0, 0.1) is 0 Å². The molecule has 3 aromatic rings. The van der Waals surface area contributed by atoms with Crippen LogP contribution < -0.4 is 0 Å². The fraction of sp³-hybridized carbons (Fsp3) is 0. The number of benzene rings is 1. The van der Waals surface area contributed by atoms with Crippen LogP contribution >= 0.6 is 0 Å². The van der Waals surface area contributed by atoms with Crippen molar-refractivity contribution in [1.29, 1.82) is 0 Å². The second-order valence-electron chi connectivity index (χ2n) is 3.24. The molecule has 3 rings (SSSR count). The minimum atomic E-state index is 0.770. The third kappa shape index (κ3) is 1.27. The molecule has 15 heavy (non-hydrogen) atoms. The monoisotopic (exact) mass is 196 g/mol. The molecule has 2 aromatic heterocycles. The van der Waals surface area contributed by atoms with E-state index in [9.17, 15) is 0 Å². The SMILES string of the molecule is c1ccc2c(-c3cn[nH]n3)nccc2c1. The first kappa shape index (κ1) is 8.11. The van der Waals surface area contributed by atoms with E-state index in [1.165, 1.54) is 0 Å². The molecular weight excluding hydrogens is 188 g/mol. The summed E-state index contributed by atoms with van der Waals surface area (Å²) in [7, 11) is 0. The Balaban J connectivity index is 2.36. The van der Waals surface area contributed by atoms with E-state index in [-0.39, 0.29) is 0 Å². The Hall–Kier alpha value is -2.23. The van der Waals surface area contributed by atoms with Crippen molar-refractivity contribution in [2.24, 2.45) is 0 Å². The van der Waals surface area contributed by atoms with Crippen molar-refractivity contribution in [2.45, 2.75) is 0 Å². The molecule has 0 amide bonds. The maximum Gasteiger partial charge on any atom is 0.131 e. The highest BCUT2D eigenvalue weighted by Crippen LogP contribution is 2.23. The van der Waals surface area contributed by atoms with Crippen LogP contribution in [0.25, 0.3) is 22.2 Å². The van der Waals surface area contributed by atoms with E-state index < -0.39 is 0 Å². The average molecular weight is 196 g/mol. The van der Waals surface area contributed by atoms with Crippen LogP contribution in [0.1, 0.15) is 0 Å². The highest BCUT2D eigenvalue weighted by Gasteiger charge is 2.06. The normalized spacial score (nSPS) is 10.7. The summed E-state index contributed by atoms with van der Waals surface area (Å²) in [5.41, 5.74) is 1.63. The Labute approximate surface area is 86.0 Å². The van der Waals surface area contributed by atoms with E-state index in [2.05, 4.69) is 26.5 Å². The molecule has 1 aromatic carbocycles. The summed E-state index contributed by atoms with van der Waals surface area (Å²) in [6.07, 6.45) is 3.46. The van der Waals surface area contributed by atoms with Crippen LogP contribution in [-0.2, 0) is 0 Å². The molecule has 4 heteroatoms. The molecule has 72 valence electrons. The van der Waals surface area contributed by atoms with Gasteiger partial charge in [-0.3, -0.25) is 4.98 Å². The van der Waals surface area contributed by atoms with E-state index in [0.29, 0.717) is 0 Å². The van der Waals surface area contributed by atoms with Crippen LogP contribution in [0.15, 0.2) is 42.7 Å². The Morgan fingerprint density at radius 1 is 1.07 bits per heavy atom. The number of pyridine rings is 1. The largest absolute Gasteiger partial charge is 0.254 e. The summed E-state index contributed by atoms with van der Waals surface area (Å²) >= 11 is 0. The van der Waals surface area contributed by atoms with E-state index in [1.807, 2.05) is 24.3 Å². The molecule has 1 N–H and O–H groups in total. The van der Waals surface area contributed by atoms with Crippen molar-refractivity contribution >= 4 is 10.8 Å². The highest BCUT2D eigenvalue weighted by atomic mass is 15.3. The minimum Gasteiger partial charge on any atom is -0.254 e. The van der Waals surface area contributed by atoms with Crippen molar-refractivity contribution in [1.82, 2.24) is 20.4 Å². The van der Waals surface area contributed by atoms with E-state index in [4.69, 9.17) is 0 Å². The number of aromatic amines is 1. The second-order valence-corrected chi connectivity index (χ2v) is 3.24. The fourth-order valence-electron chi connectivity index (χ4n) is 1.64. The molecule has 0 aliphatic carbocycles. The van der Waals surface area contributed by atoms with Crippen molar-refractivity contribution in [2.75, 3.05) is 0 Å². The molecule has 0 fully saturated rings. The lowest BCUT2D eigenvalue weighted by Crippen LogP contribution is -1.85. The molecule has 0 unspecified atom stereocenters. The molecule has 0 atom stereocenters. The van der Waals surface area contributed by atoms with Crippen LogP contribution in [-0.4, -0.2) is 20.4 Å². The van der Waals surface area contributed by atoms with Crippen molar-refractivity contribution < 1.29 is 0 Å². The molecule has 0 aliphatic heterocycles. The first-order chi connectivity index (χ1) is 7.45. The predicted octanol–water partition coefficient (Wildman–Crippen LogP) is 2.02. The third-order valence-electron chi connectivity index (χ3n) is 2.33. The summed E-state index contributed by atoms with van der Waals surface area (Å²) < 4.78 is 0. The Bertz CT molecular complexity index is 581. The van der Waals surface area contributed by atoms with Crippen LogP contribution in [0.2, 0.25) is 0 Å². The number of hydrogen-bond acceptors (Lipinski definition) is 3. The van der Waals surface area contributed by atoms with Gasteiger partial charge in [-0.1, -0.05) is 24.3 Å². The summed E-state index contributed by atoms with van der Waals surface area (Å²) in [5, 5.41) is 12.7. The van der Waals surface area contributed by atoms with Crippen LogP contribution in [0.4, 0.5) is 0 Å².